The van der Waals surface area contributed by atoms with Gasteiger partial charge in [0.25, 0.3) is 0 Å². The number of hydrogen-bond acceptors (Lipinski definition) is 4. The lowest BCUT2D eigenvalue weighted by Crippen LogP contribution is -2.18. The van der Waals surface area contributed by atoms with Crippen LogP contribution < -0.4 is 5.32 Å². The Morgan fingerprint density at radius 2 is 2.14 bits per heavy atom. The minimum atomic E-state index is 0.664. The van der Waals surface area contributed by atoms with E-state index >= 15 is 0 Å². The van der Waals surface area contributed by atoms with Crippen molar-refractivity contribution in [3.63, 3.8) is 0 Å². The van der Waals surface area contributed by atoms with Crippen LogP contribution in [-0.4, -0.2) is 18.5 Å². The number of thiophene rings is 1. The zero-order valence-corrected chi connectivity index (χ0v) is 14.3. The third-order valence-electron chi connectivity index (χ3n) is 3.40. The molecule has 2 aromatic rings. The summed E-state index contributed by atoms with van der Waals surface area (Å²) in [6.45, 7) is 10.2. The van der Waals surface area contributed by atoms with Gasteiger partial charge >= 0.3 is 0 Å². The summed E-state index contributed by atoms with van der Waals surface area (Å²) in [6.07, 6.45) is 0. The zero-order valence-electron chi connectivity index (χ0n) is 13.5. The minimum Gasteiger partial charge on any atom is -0.465 e. The number of nitrogens with zero attached hydrogens (tertiary/aromatic N) is 1. The van der Waals surface area contributed by atoms with Crippen LogP contribution in [-0.2, 0) is 19.6 Å². The van der Waals surface area contributed by atoms with Crippen molar-refractivity contribution in [2.45, 2.75) is 40.4 Å². The summed E-state index contributed by atoms with van der Waals surface area (Å²) in [6, 6.07) is 4.37. The molecule has 0 aliphatic heterocycles. The van der Waals surface area contributed by atoms with Gasteiger partial charge in [-0.2, -0.15) is 11.3 Å². The van der Waals surface area contributed by atoms with Crippen molar-refractivity contribution in [3.8, 4) is 0 Å². The minimum absolute atomic E-state index is 0.664. The first kappa shape index (κ1) is 16.3. The average molecular weight is 306 g/mol. The maximum atomic E-state index is 5.85. The van der Waals surface area contributed by atoms with E-state index in [-0.39, 0.29) is 0 Å². The molecule has 21 heavy (non-hydrogen) atoms. The molecule has 0 fully saturated rings. The second-order valence-electron chi connectivity index (χ2n) is 6.12. The van der Waals surface area contributed by atoms with E-state index in [4.69, 9.17) is 4.42 Å². The molecule has 4 heteroatoms. The van der Waals surface area contributed by atoms with Crippen LogP contribution in [0.3, 0.4) is 0 Å². The van der Waals surface area contributed by atoms with Crippen LogP contribution in [0.25, 0.3) is 0 Å². The molecule has 3 nitrogen and oxygen atoms in total. The molecule has 0 aliphatic carbocycles. The van der Waals surface area contributed by atoms with Crippen molar-refractivity contribution >= 4 is 11.3 Å². The van der Waals surface area contributed by atoms with Gasteiger partial charge in [0.15, 0.2) is 0 Å². The molecule has 2 rings (SSSR count). The Balaban J connectivity index is 1.86. The van der Waals surface area contributed by atoms with E-state index in [2.05, 4.69) is 60.9 Å². The summed E-state index contributed by atoms with van der Waals surface area (Å²) in [5.74, 6) is 2.73. The van der Waals surface area contributed by atoms with Crippen molar-refractivity contribution in [1.29, 1.82) is 0 Å². The molecule has 116 valence electrons. The largest absolute Gasteiger partial charge is 0.465 e. The van der Waals surface area contributed by atoms with Gasteiger partial charge in [-0.1, -0.05) is 13.8 Å². The molecule has 2 heterocycles. The lowest BCUT2D eigenvalue weighted by molar-refractivity contribution is 0.316. The van der Waals surface area contributed by atoms with Crippen LogP contribution >= 0.6 is 11.3 Å². The van der Waals surface area contributed by atoms with E-state index in [0.717, 1.165) is 37.7 Å². The first-order valence-corrected chi connectivity index (χ1v) is 8.47. The second-order valence-corrected chi connectivity index (χ2v) is 6.90. The fourth-order valence-electron chi connectivity index (χ4n) is 2.36. The number of nitrogens with one attached hydrogen (secondary N) is 1. The summed E-state index contributed by atoms with van der Waals surface area (Å²) in [5, 5.41) is 7.76. The van der Waals surface area contributed by atoms with Gasteiger partial charge < -0.3 is 9.73 Å². The lowest BCUT2D eigenvalue weighted by atomic mass is 10.2. The van der Waals surface area contributed by atoms with Gasteiger partial charge in [-0.3, -0.25) is 4.90 Å². The van der Waals surface area contributed by atoms with Crippen molar-refractivity contribution in [3.05, 3.63) is 45.5 Å². The number of furan rings is 1. The van der Waals surface area contributed by atoms with Gasteiger partial charge in [0, 0.05) is 18.7 Å². The highest BCUT2D eigenvalue weighted by atomic mass is 32.1. The van der Waals surface area contributed by atoms with Crippen molar-refractivity contribution in [1.82, 2.24) is 10.2 Å². The van der Waals surface area contributed by atoms with E-state index in [1.807, 2.05) is 0 Å². The smallest absolute Gasteiger partial charge is 0.118 e. The molecule has 1 N–H and O–H groups in total. The molecule has 0 spiro atoms. The van der Waals surface area contributed by atoms with Crippen LogP contribution in [0, 0.1) is 12.8 Å². The maximum absolute atomic E-state index is 5.85. The summed E-state index contributed by atoms with van der Waals surface area (Å²) < 4.78 is 5.85. The zero-order chi connectivity index (χ0) is 15.2. The van der Waals surface area contributed by atoms with Gasteiger partial charge in [0.05, 0.1) is 6.54 Å². The molecule has 0 saturated heterocycles. The molecule has 0 radical (unpaired) electrons. The van der Waals surface area contributed by atoms with Gasteiger partial charge in [0.2, 0.25) is 0 Å². The van der Waals surface area contributed by atoms with Crippen LogP contribution in [0.4, 0.5) is 0 Å². The third kappa shape index (κ3) is 5.30. The normalized spacial score (nSPS) is 11.7. The highest BCUT2D eigenvalue weighted by Crippen LogP contribution is 2.18. The number of hydrogen-bond donors (Lipinski definition) is 1. The first-order chi connectivity index (χ1) is 10.0. The molecule has 0 atom stereocenters. The Labute approximate surface area is 132 Å². The predicted molar refractivity (Wildman–Crippen MR) is 89.5 cm³/mol. The molecule has 0 unspecified atom stereocenters. The van der Waals surface area contributed by atoms with E-state index in [1.165, 1.54) is 11.1 Å². The summed E-state index contributed by atoms with van der Waals surface area (Å²) in [5.41, 5.74) is 2.66. The molecule has 0 aliphatic rings. The summed E-state index contributed by atoms with van der Waals surface area (Å²) >= 11 is 1.75. The maximum Gasteiger partial charge on any atom is 0.118 e. The molecule has 0 saturated carbocycles. The Morgan fingerprint density at radius 1 is 1.33 bits per heavy atom. The van der Waals surface area contributed by atoms with Crippen LogP contribution in [0.1, 0.15) is 36.5 Å². The predicted octanol–water partition coefficient (Wildman–Crippen LogP) is 4.03. The Morgan fingerprint density at radius 3 is 2.81 bits per heavy atom. The standard InChI is InChI=1S/C17H26N2OS/c1-13(2)8-18-9-17-7-16(14(3)20-17)11-19(4)10-15-5-6-21-12-15/h5-7,12-13,18H,8-11H2,1-4H3. The van der Waals surface area contributed by atoms with Crippen LogP contribution in [0.15, 0.2) is 27.3 Å². The molecule has 0 bridgehead atoms. The third-order valence-corrected chi connectivity index (χ3v) is 4.13. The van der Waals surface area contributed by atoms with E-state index in [1.54, 1.807) is 11.3 Å². The average Bonchev–Trinajstić information content (AvgIpc) is 3.00. The summed E-state index contributed by atoms with van der Waals surface area (Å²) in [7, 11) is 2.15. The van der Waals surface area contributed by atoms with E-state index < -0.39 is 0 Å². The van der Waals surface area contributed by atoms with Gasteiger partial charge in [-0.05, 0) is 54.9 Å². The molecule has 2 aromatic heterocycles. The topological polar surface area (TPSA) is 28.4 Å². The van der Waals surface area contributed by atoms with Crippen molar-refractivity contribution < 1.29 is 4.42 Å². The molecular weight excluding hydrogens is 280 g/mol. The fourth-order valence-corrected chi connectivity index (χ4v) is 3.02. The van der Waals surface area contributed by atoms with Crippen LogP contribution in [0.5, 0.6) is 0 Å². The van der Waals surface area contributed by atoms with Gasteiger partial charge in [0.1, 0.15) is 11.5 Å². The van der Waals surface area contributed by atoms with E-state index in [9.17, 15) is 0 Å². The Bertz CT molecular complexity index is 531. The Kier molecular flexibility index (Phi) is 6.03. The lowest BCUT2D eigenvalue weighted by Gasteiger charge is -2.15. The monoisotopic (exact) mass is 306 g/mol. The molecular formula is C17H26N2OS. The Hall–Kier alpha value is -1.10. The van der Waals surface area contributed by atoms with Crippen molar-refractivity contribution in [2.75, 3.05) is 13.6 Å². The number of rotatable bonds is 8. The first-order valence-electron chi connectivity index (χ1n) is 7.53. The quantitative estimate of drug-likeness (QED) is 0.798. The van der Waals surface area contributed by atoms with Crippen molar-refractivity contribution in [2.24, 2.45) is 5.92 Å². The van der Waals surface area contributed by atoms with Crippen LogP contribution in [0.2, 0.25) is 0 Å². The van der Waals surface area contributed by atoms with E-state index in [0.29, 0.717) is 5.92 Å². The van der Waals surface area contributed by atoms with Gasteiger partial charge in [-0.15, -0.1) is 0 Å². The molecule has 0 amide bonds. The highest BCUT2D eigenvalue weighted by molar-refractivity contribution is 7.07. The molecule has 0 aromatic carbocycles. The fraction of sp³-hybridized carbons (Fsp3) is 0.529. The SMILES string of the molecule is Cc1oc(CNCC(C)C)cc1CN(C)Cc1ccsc1. The number of aryl methyl sites for hydroxylation is 1. The second kappa shape index (κ2) is 7.78. The highest BCUT2D eigenvalue weighted by Gasteiger charge is 2.10. The summed E-state index contributed by atoms with van der Waals surface area (Å²) in [4.78, 5) is 2.32. The van der Waals surface area contributed by atoms with Gasteiger partial charge in [-0.25, -0.2) is 0 Å².